The van der Waals surface area contributed by atoms with Crippen LogP contribution in [0.4, 0.5) is 0 Å². The lowest BCUT2D eigenvalue weighted by molar-refractivity contribution is -0.128. The molecule has 0 fully saturated rings. The number of ketones is 1. The molecule has 0 amide bonds. The normalized spacial score (nSPS) is 26.3. The highest BCUT2D eigenvalue weighted by Gasteiger charge is 2.44. The topological polar surface area (TPSA) is 63.3 Å². The van der Waals surface area contributed by atoms with Crippen molar-refractivity contribution in [2.45, 2.75) is 34.1 Å². The van der Waals surface area contributed by atoms with Crippen LogP contribution >= 0.6 is 0 Å². The van der Waals surface area contributed by atoms with Crippen LogP contribution in [0.3, 0.4) is 0 Å². The van der Waals surface area contributed by atoms with E-state index in [0.717, 1.165) is 0 Å². The molecule has 0 atom stereocenters. The molecule has 0 bridgehead atoms. The Hall–Kier alpha value is -0.990. The molecule has 74 valence electrons. The zero-order chi connectivity index (χ0) is 10.4. The number of aliphatic hydroxyl groups excluding tert-OH is 1. The Bertz CT molecular complexity index is 287. The zero-order valence-corrected chi connectivity index (χ0v) is 8.64. The van der Waals surface area contributed by atoms with Crippen molar-refractivity contribution in [1.29, 1.82) is 0 Å². The van der Waals surface area contributed by atoms with Gasteiger partial charge in [0.15, 0.2) is 5.76 Å². The van der Waals surface area contributed by atoms with E-state index >= 15 is 0 Å². The molecule has 3 heteroatoms. The number of Topliss-reactive ketones (excluding diaryl/α,β-unsaturated/α-hetero) is 1. The number of carbonyl (C=O) groups is 1. The molecule has 0 aromatic rings. The molecule has 0 heterocycles. The molecule has 0 saturated heterocycles. The summed E-state index contributed by atoms with van der Waals surface area (Å²) >= 11 is 0. The van der Waals surface area contributed by atoms with Crippen molar-refractivity contribution < 1.29 is 9.90 Å². The first-order chi connectivity index (χ1) is 5.68. The van der Waals surface area contributed by atoms with Gasteiger partial charge in [-0.2, -0.15) is 0 Å². The summed E-state index contributed by atoms with van der Waals surface area (Å²) in [5.74, 6) is -0.495. The van der Waals surface area contributed by atoms with Gasteiger partial charge in [-0.1, -0.05) is 27.7 Å². The lowest BCUT2D eigenvalue weighted by Crippen LogP contribution is -2.41. The summed E-state index contributed by atoms with van der Waals surface area (Å²) in [6.45, 7) is 7.54. The molecule has 3 N–H and O–H groups in total. The van der Waals surface area contributed by atoms with Gasteiger partial charge in [0, 0.05) is 10.8 Å². The van der Waals surface area contributed by atoms with Crippen LogP contribution in [0, 0.1) is 10.8 Å². The SMILES string of the molecule is CC1(C)CC(C)(C)C(N)=C(O)C1=O. The second kappa shape index (κ2) is 2.50. The second-order valence-corrected chi connectivity index (χ2v) is 5.04. The van der Waals surface area contributed by atoms with E-state index in [-0.39, 0.29) is 17.0 Å². The summed E-state index contributed by atoms with van der Waals surface area (Å²) in [4.78, 5) is 11.6. The van der Waals surface area contributed by atoms with E-state index in [1.54, 1.807) is 0 Å². The third-order valence-corrected chi connectivity index (χ3v) is 2.70. The molecule has 1 aliphatic carbocycles. The summed E-state index contributed by atoms with van der Waals surface area (Å²) in [7, 11) is 0. The molecule has 0 saturated carbocycles. The fourth-order valence-electron chi connectivity index (χ4n) is 2.04. The smallest absolute Gasteiger partial charge is 0.204 e. The van der Waals surface area contributed by atoms with E-state index < -0.39 is 5.41 Å². The van der Waals surface area contributed by atoms with Crippen molar-refractivity contribution in [3.05, 3.63) is 11.5 Å². The molecule has 0 spiro atoms. The van der Waals surface area contributed by atoms with E-state index in [9.17, 15) is 9.90 Å². The average molecular weight is 183 g/mol. The van der Waals surface area contributed by atoms with Crippen molar-refractivity contribution in [2.24, 2.45) is 16.6 Å². The van der Waals surface area contributed by atoms with Gasteiger partial charge < -0.3 is 10.8 Å². The first-order valence-electron chi connectivity index (χ1n) is 4.42. The van der Waals surface area contributed by atoms with Crippen molar-refractivity contribution in [2.75, 3.05) is 0 Å². The van der Waals surface area contributed by atoms with Gasteiger partial charge in [0.25, 0.3) is 0 Å². The Morgan fingerprint density at radius 3 is 2.15 bits per heavy atom. The minimum absolute atomic E-state index is 0.246. The van der Waals surface area contributed by atoms with Crippen LogP contribution in [-0.4, -0.2) is 10.9 Å². The first-order valence-corrected chi connectivity index (χ1v) is 4.42. The molecule has 0 aliphatic heterocycles. The fraction of sp³-hybridized carbons (Fsp3) is 0.700. The molecule has 0 radical (unpaired) electrons. The van der Waals surface area contributed by atoms with Gasteiger partial charge >= 0.3 is 0 Å². The highest BCUT2D eigenvalue weighted by molar-refractivity contribution is 5.99. The Labute approximate surface area is 78.6 Å². The third-order valence-electron chi connectivity index (χ3n) is 2.70. The van der Waals surface area contributed by atoms with Crippen LogP contribution in [0.25, 0.3) is 0 Å². The predicted octanol–water partition coefficient (Wildman–Crippen LogP) is 1.74. The van der Waals surface area contributed by atoms with Gasteiger partial charge in [-0.25, -0.2) is 0 Å². The molecule has 0 aromatic carbocycles. The molecule has 13 heavy (non-hydrogen) atoms. The Morgan fingerprint density at radius 1 is 1.23 bits per heavy atom. The van der Waals surface area contributed by atoms with Crippen molar-refractivity contribution in [3.63, 3.8) is 0 Å². The quantitative estimate of drug-likeness (QED) is 0.601. The number of aliphatic hydroxyl groups is 1. The number of rotatable bonds is 0. The predicted molar refractivity (Wildman–Crippen MR) is 51.0 cm³/mol. The first kappa shape index (κ1) is 10.1. The Balaban J connectivity index is 3.25. The van der Waals surface area contributed by atoms with Crippen LogP contribution < -0.4 is 5.73 Å². The van der Waals surface area contributed by atoms with Crippen LogP contribution in [0.5, 0.6) is 0 Å². The highest BCUT2D eigenvalue weighted by atomic mass is 16.3. The minimum atomic E-state index is -0.504. The van der Waals surface area contributed by atoms with Gasteiger partial charge in [0.05, 0.1) is 5.70 Å². The number of hydrogen-bond acceptors (Lipinski definition) is 3. The van der Waals surface area contributed by atoms with Crippen molar-refractivity contribution in [1.82, 2.24) is 0 Å². The van der Waals surface area contributed by atoms with Gasteiger partial charge in [-0.05, 0) is 6.42 Å². The largest absolute Gasteiger partial charge is 0.503 e. The average Bonchev–Trinajstić information content (AvgIpc) is 1.96. The fourth-order valence-corrected chi connectivity index (χ4v) is 2.04. The summed E-state index contributed by atoms with van der Waals surface area (Å²) in [5, 5.41) is 9.52. The number of carbonyl (C=O) groups excluding carboxylic acids is 1. The van der Waals surface area contributed by atoms with Gasteiger partial charge in [0.2, 0.25) is 5.78 Å². The van der Waals surface area contributed by atoms with Gasteiger partial charge in [-0.15, -0.1) is 0 Å². The summed E-state index contributed by atoms with van der Waals surface area (Å²) in [6, 6.07) is 0. The van der Waals surface area contributed by atoms with E-state index in [0.29, 0.717) is 12.1 Å². The summed E-state index contributed by atoms with van der Waals surface area (Å²) in [6.07, 6.45) is 0.675. The Kier molecular flexibility index (Phi) is 1.94. The molecule has 1 aliphatic rings. The lowest BCUT2D eigenvalue weighted by Gasteiger charge is -2.38. The highest BCUT2D eigenvalue weighted by Crippen LogP contribution is 2.44. The Morgan fingerprint density at radius 2 is 1.69 bits per heavy atom. The lowest BCUT2D eigenvalue weighted by atomic mass is 9.66. The van der Waals surface area contributed by atoms with E-state index in [4.69, 9.17) is 5.73 Å². The van der Waals surface area contributed by atoms with Crippen LogP contribution in [0.1, 0.15) is 34.1 Å². The molecular formula is C10H17NO2. The summed E-state index contributed by atoms with van der Waals surface area (Å²) in [5.41, 5.74) is 5.20. The standard InChI is InChI=1S/C10H17NO2/c1-9(2)5-10(3,4)8(13)6(12)7(9)11/h12H,5,11H2,1-4H3. The monoisotopic (exact) mass is 183 g/mol. The van der Waals surface area contributed by atoms with Gasteiger partial charge in [-0.3, -0.25) is 4.79 Å². The summed E-state index contributed by atoms with van der Waals surface area (Å²) < 4.78 is 0. The minimum Gasteiger partial charge on any atom is -0.503 e. The molecule has 0 aromatic heterocycles. The zero-order valence-electron chi connectivity index (χ0n) is 8.64. The molecule has 3 nitrogen and oxygen atoms in total. The van der Waals surface area contributed by atoms with E-state index in [2.05, 4.69) is 0 Å². The third kappa shape index (κ3) is 1.43. The second-order valence-electron chi connectivity index (χ2n) is 5.04. The molecule has 0 unspecified atom stereocenters. The number of nitrogens with two attached hydrogens (primary N) is 1. The van der Waals surface area contributed by atoms with Crippen molar-refractivity contribution >= 4 is 5.78 Å². The number of hydrogen-bond donors (Lipinski definition) is 2. The van der Waals surface area contributed by atoms with E-state index in [1.807, 2.05) is 27.7 Å². The van der Waals surface area contributed by atoms with E-state index in [1.165, 1.54) is 0 Å². The maximum Gasteiger partial charge on any atom is 0.204 e. The van der Waals surface area contributed by atoms with Gasteiger partial charge in [0.1, 0.15) is 0 Å². The van der Waals surface area contributed by atoms with Crippen LogP contribution in [0.15, 0.2) is 11.5 Å². The maximum absolute atomic E-state index is 11.6. The molecular weight excluding hydrogens is 166 g/mol. The molecule has 1 rings (SSSR count). The van der Waals surface area contributed by atoms with Crippen LogP contribution in [0.2, 0.25) is 0 Å². The maximum atomic E-state index is 11.6. The van der Waals surface area contributed by atoms with Crippen molar-refractivity contribution in [3.8, 4) is 0 Å². The van der Waals surface area contributed by atoms with Crippen LogP contribution in [-0.2, 0) is 4.79 Å². The number of allylic oxidation sites excluding steroid dienone is 2.